The van der Waals surface area contributed by atoms with E-state index in [-0.39, 0.29) is 43.4 Å². The minimum Gasteiger partial charge on any atom is -0.493 e. The number of rotatable bonds is 12. The number of hydrogen-bond acceptors (Lipinski definition) is 7. The first kappa shape index (κ1) is 34.0. The molecular formula is C36H51IN2O7. The molecule has 6 aliphatic rings. The van der Waals surface area contributed by atoms with Crippen LogP contribution in [0.3, 0.4) is 0 Å². The summed E-state index contributed by atoms with van der Waals surface area (Å²) in [5.74, 6) is 3.93. The van der Waals surface area contributed by atoms with Gasteiger partial charge in [-0.3, -0.25) is 9.59 Å². The third-order valence-electron chi connectivity index (χ3n) is 12.4. The zero-order valence-corrected chi connectivity index (χ0v) is 29.6. The summed E-state index contributed by atoms with van der Waals surface area (Å²) in [5, 5.41) is 34.0. The second-order valence-electron chi connectivity index (χ2n) is 15.2. The molecule has 9 nitrogen and oxygen atoms in total. The number of aliphatic hydroxyl groups is 3. The largest absolute Gasteiger partial charge is 0.493 e. The van der Waals surface area contributed by atoms with Gasteiger partial charge < -0.3 is 35.0 Å². The molecule has 9 atom stereocenters. The van der Waals surface area contributed by atoms with Gasteiger partial charge in [-0.1, -0.05) is 20.3 Å². The Morgan fingerprint density at radius 2 is 1.89 bits per heavy atom. The van der Waals surface area contributed by atoms with Gasteiger partial charge in [-0.25, -0.2) is 0 Å². The fourth-order valence-electron chi connectivity index (χ4n) is 9.72. The van der Waals surface area contributed by atoms with E-state index >= 15 is 0 Å². The van der Waals surface area contributed by atoms with E-state index in [4.69, 9.17) is 9.47 Å². The minimum absolute atomic E-state index is 0.0797. The van der Waals surface area contributed by atoms with Crippen molar-refractivity contribution in [3.05, 3.63) is 32.9 Å². The van der Waals surface area contributed by atoms with Gasteiger partial charge in [0.2, 0.25) is 11.8 Å². The minimum atomic E-state index is -1.08. The summed E-state index contributed by atoms with van der Waals surface area (Å²) < 4.78 is 12.8. The van der Waals surface area contributed by atoms with Crippen molar-refractivity contribution in [2.24, 2.45) is 40.9 Å². The SMILES string of the molecule is COc1cc(CO)cc(I)c1OC1C=C(C(=O)NCCO)CC(N(CC2CCC3CC2C3(C)C)C(=O)CC2CC3CCC2C3)C1O. The summed E-state index contributed by atoms with van der Waals surface area (Å²) in [5.41, 5.74) is 1.35. The predicted molar refractivity (Wildman–Crippen MR) is 182 cm³/mol. The standard InChI is InChI=1S/C36H51IN2O7/c1-36(2)26-7-6-23(27(36)17-26)18-39(32(42)16-24-11-20-4-5-22(24)10-20)29-14-25(35(44)38-8-9-40)15-30(33(29)43)46-34-28(37)12-21(19-41)13-31(34)45-3/h12-13,15,20,22-24,26-27,29-30,33,40-41,43H,4-11,14,16-19H2,1-3H3,(H,38,44). The number of amides is 2. The molecule has 0 saturated heterocycles. The molecule has 0 spiro atoms. The average molecular weight is 751 g/mol. The van der Waals surface area contributed by atoms with Crippen LogP contribution in [0.5, 0.6) is 11.5 Å². The van der Waals surface area contributed by atoms with Crippen LogP contribution in [0.2, 0.25) is 0 Å². The van der Waals surface area contributed by atoms with Crippen molar-refractivity contribution in [2.45, 2.75) is 96.5 Å². The van der Waals surface area contributed by atoms with Crippen LogP contribution < -0.4 is 14.8 Å². The van der Waals surface area contributed by atoms with E-state index < -0.39 is 18.2 Å². The first-order valence-electron chi connectivity index (χ1n) is 17.2. The Hall–Kier alpha value is -1.89. The predicted octanol–water partition coefficient (Wildman–Crippen LogP) is 4.43. The fraction of sp³-hybridized carbons (Fsp3) is 0.722. The van der Waals surface area contributed by atoms with Crippen molar-refractivity contribution in [3.63, 3.8) is 0 Å². The lowest BCUT2D eigenvalue weighted by molar-refractivity contribution is -0.149. The second-order valence-corrected chi connectivity index (χ2v) is 16.3. The molecule has 7 rings (SSSR count). The highest BCUT2D eigenvalue weighted by Crippen LogP contribution is 2.61. The number of fused-ring (bicyclic) bond motifs is 4. The Morgan fingerprint density at radius 1 is 1.09 bits per heavy atom. The van der Waals surface area contributed by atoms with Crippen LogP contribution in [-0.4, -0.2) is 77.1 Å². The van der Waals surface area contributed by atoms with Gasteiger partial charge in [0.25, 0.3) is 0 Å². The number of halogens is 1. The zero-order chi connectivity index (χ0) is 32.7. The van der Waals surface area contributed by atoms with Crippen LogP contribution in [0, 0.1) is 44.5 Å². The Kier molecular flexibility index (Phi) is 10.3. The van der Waals surface area contributed by atoms with Crippen molar-refractivity contribution in [3.8, 4) is 11.5 Å². The smallest absolute Gasteiger partial charge is 0.247 e. The van der Waals surface area contributed by atoms with Gasteiger partial charge in [-0.2, -0.15) is 0 Å². The van der Waals surface area contributed by atoms with Crippen LogP contribution in [0.1, 0.15) is 77.2 Å². The van der Waals surface area contributed by atoms with Crippen LogP contribution in [-0.2, 0) is 16.2 Å². The van der Waals surface area contributed by atoms with Gasteiger partial charge in [-0.15, -0.1) is 0 Å². The second kappa shape index (κ2) is 13.9. The van der Waals surface area contributed by atoms with Gasteiger partial charge in [0.15, 0.2) is 11.5 Å². The lowest BCUT2D eigenvalue weighted by Crippen LogP contribution is -2.59. The van der Waals surface area contributed by atoms with Gasteiger partial charge in [0.1, 0.15) is 12.2 Å². The molecule has 1 aromatic rings. The molecule has 10 heteroatoms. The Balaban J connectivity index is 1.32. The monoisotopic (exact) mass is 750 g/mol. The number of ether oxygens (including phenoxy) is 2. The molecule has 4 N–H and O–H groups in total. The topological polar surface area (TPSA) is 129 Å². The summed E-state index contributed by atoms with van der Waals surface area (Å²) in [6.07, 6.45) is 8.61. The maximum Gasteiger partial charge on any atom is 0.247 e. The molecule has 0 aliphatic heterocycles. The third kappa shape index (κ3) is 6.57. The average Bonchev–Trinajstić information content (AvgIpc) is 3.67. The molecule has 5 fully saturated rings. The number of methoxy groups -OCH3 is 1. The summed E-state index contributed by atoms with van der Waals surface area (Å²) in [4.78, 5) is 29.8. The first-order valence-corrected chi connectivity index (χ1v) is 18.3. The van der Waals surface area contributed by atoms with E-state index in [1.807, 2.05) is 4.90 Å². The van der Waals surface area contributed by atoms with Crippen molar-refractivity contribution >= 4 is 34.4 Å². The number of nitrogens with zero attached hydrogens (tertiary/aromatic N) is 1. The molecule has 9 unspecified atom stereocenters. The molecular weight excluding hydrogens is 699 g/mol. The normalized spacial score (nSPS) is 34.0. The molecule has 0 heterocycles. The van der Waals surface area contributed by atoms with E-state index in [9.17, 15) is 24.9 Å². The number of carbonyl (C=O) groups is 2. The van der Waals surface area contributed by atoms with E-state index in [1.165, 1.54) is 32.8 Å². The van der Waals surface area contributed by atoms with Crippen molar-refractivity contribution in [2.75, 3.05) is 26.8 Å². The van der Waals surface area contributed by atoms with Crippen molar-refractivity contribution in [1.29, 1.82) is 0 Å². The van der Waals surface area contributed by atoms with Crippen molar-refractivity contribution < 1.29 is 34.4 Å². The molecule has 254 valence electrons. The van der Waals surface area contributed by atoms with Crippen molar-refractivity contribution in [1.82, 2.24) is 10.2 Å². The summed E-state index contributed by atoms with van der Waals surface area (Å²) in [6, 6.07) is 2.85. The lowest BCUT2D eigenvalue weighted by Gasteiger charge is -2.61. The summed E-state index contributed by atoms with van der Waals surface area (Å²) in [7, 11) is 1.52. The summed E-state index contributed by atoms with van der Waals surface area (Å²) >= 11 is 2.12. The maximum absolute atomic E-state index is 14.5. The number of carbonyl (C=O) groups excluding carboxylic acids is 2. The first-order chi connectivity index (χ1) is 22.0. The van der Waals surface area contributed by atoms with E-state index in [0.717, 1.165) is 31.1 Å². The van der Waals surface area contributed by atoms with E-state index in [0.29, 0.717) is 62.8 Å². The Bertz CT molecular complexity index is 1330. The zero-order valence-electron chi connectivity index (χ0n) is 27.4. The Labute approximate surface area is 286 Å². The number of aliphatic hydroxyl groups excluding tert-OH is 3. The fourth-order valence-corrected chi connectivity index (χ4v) is 10.5. The molecule has 4 bridgehead atoms. The molecule has 6 aliphatic carbocycles. The molecule has 0 aromatic heterocycles. The maximum atomic E-state index is 14.5. The molecule has 2 amide bonds. The third-order valence-corrected chi connectivity index (χ3v) is 13.2. The van der Waals surface area contributed by atoms with Crippen LogP contribution in [0.25, 0.3) is 0 Å². The van der Waals surface area contributed by atoms with Crippen LogP contribution >= 0.6 is 22.6 Å². The molecule has 5 saturated carbocycles. The molecule has 46 heavy (non-hydrogen) atoms. The molecule has 0 radical (unpaired) electrons. The van der Waals surface area contributed by atoms with E-state index in [1.54, 1.807) is 18.2 Å². The highest BCUT2D eigenvalue weighted by molar-refractivity contribution is 14.1. The quantitative estimate of drug-likeness (QED) is 0.233. The van der Waals surface area contributed by atoms with Gasteiger partial charge in [-0.05, 0) is 126 Å². The highest BCUT2D eigenvalue weighted by atomic mass is 127. The highest BCUT2D eigenvalue weighted by Gasteiger charge is 2.55. The van der Waals surface area contributed by atoms with Crippen LogP contribution in [0.15, 0.2) is 23.8 Å². The lowest BCUT2D eigenvalue weighted by atomic mass is 9.45. The van der Waals surface area contributed by atoms with Gasteiger partial charge >= 0.3 is 0 Å². The Morgan fingerprint density at radius 3 is 2.52 bits per heavy atom. The summed E-state index contributed by atoms with van der Waals surface area (Å²) in [6.45, 7) is 5.06. The number of benzene rings is 1. The van der Waals surface area contributed by atoms with E-state index in [2.05, 4.69) is 41.8 Å². The molecule has 1 aromatic carbocycles. The number of nitrogens with one attached hydrogen (secondary N) is 1. The number of hydrogen-bond donors (Lipinski definition) is 4. The van der Waals surface area contributed by atoms with Gasteiger partial charge in [0.05, 0.1) is 29.9 Å². The van der Waals surface area contributed by atoms with Crippen LogP contribution in [0.4, 0.5) is 0 Å². The van der Waals surface area contributed by atoms with Gasteiger partial charge in [0, 0.05) is 31.5 Å².